The number of halogens is 2. The lowest BCUT2D eigenvalue weighted by Crippen LogP contribution is -2.22. The molecule has 2 aromatic rings. The Hall–Kier alpha value is -1.39. The minimum Gasteiger partial charge on any atom is -0.493 e. The standard InChI is InChI=1S/C17H17BrFNO/c1-2-20-16(12-8-13(18)10-14(19)9-12)15-5-3-4-11-6-7-21-17(11)15/h3-5,8-10,16,20H,2,6-7H2,1H3. The van der Waals surface area contributed by atoms with Crippen molar-refractivity contribution in [2.24, 2.45) is 0 Å². The molecule has 0 fully saturated rings. The third-order valence-electron chi connectivity index (χ3n) is 3.68. The zero-order valence-corrected chi connectivity index (χ0v) is 13.4. The van der Waals surface area contributed by atoms with Crippen molar-refractivity contribution >= 4 is 15.9 Å². The molecule has 0 aromatic heterocycles. The molecule has 0 bridgehead atoms. The van der Waals surface area contributed by atoms with Crippen molar-refractivity contribution in [2.45, 2.75) is 19.4 Å². The Balaban J connectivity index is 2.08. The van der Waals surface area contributed by atoms with Crippen molar-refractivity contribution in [1.29, 1.82) is 0 Å². The Morgan fingerprint density at radius 3 is 2.95 bits per heavy atom. The molecular formula is C17H17BrFNO. The Kier molecular flexibility index (Phi) is 4.27. The largest absolute Gasteiger partial charge is 0.493 e. The average molecular weight is 350 g/mol. The molecule has 1 heterocycles. The van der Waals surface area contributed by atoms with Crippen LogP contribution < -0.4 is 10.1 Å². The predicted molar refractivity (Wildman–Crippen MR) is 85.3 cm³/mol. The summed E-state index contributed by atoms with van der Waals surface area (Å²) in [4.78, 5) is 0. The van der Waals surface area contributed by atoms with Crippen molar-refractivity contribution in [3.05, 3.63) is 63.4 Å². The maximum absolute atomic E-state index is 13.7. The molecule has 1 unspecified atom stereocenters. The second-order valence-corrected chi connectivity index (χ2v) is 6.04. The quantitative estimate of drug-likeness (QED) is 0.891. The first kappa shape index (κ1) is 14.5. The lowest BCUT2D eigenvalue weighted by Gasteiger charge is -2.21. The van der Waals surface area contributed by atoms with Crippen LogP contribution in [0.25, 0.3) is 0 Å². The number of nitrogens with one attached hydrogen (secondary N) is 1. The first-order valence-electron chi connectivity index (χ1n) is 7.13. The van der Waals surface area contributed by atoms with E-state index in [4.69, 9.17) is 4.74 Å². The van der Waals surface area contributed by atoms with Gasteiger partial charge in [0, 0.05) is 16.5 Å². The molecule has 1 N–H and O–H groups in total. The molecule has 0 radical (unpaired) electrons. The average Bonchev–Trinajstić information content (AvgIpc) is 2.92. The van der Waals surface area contributed by atoms with Gasteiger partial charge in [-0.15, -0.1) is 0 Å². The van der Waals surface area contributed by atoms with Crippen molar-refractivity contribution in [3.63, 3.8) is 0 Å². The Bertz CT molecular complexity index is 639. The number of rotatable bonds is 4. The van der Waals surface area contributed by atoms with Crippen LogP contribution in [0.15, 0.2) is 40.9 Å². The van der Waals surface area contributed by atoms with E-state index < -0.39 is 0 Å². The van der Waals surface area contributed by atoms with Gasteiger partial charge in [0.15, 0.2) is 0 Å². The number of hydrogen-bond donors (Lipinski definition) is 1. The van der Waals surface area contributed by atoms with Crippen LogP contribution in [0.1, 0.15) is 29.7 Å². The molecule has 0 spiro atoms. The van der Waals surface area contributed by atoms with Crippen molar-refractivity contribution in [2.75, 3.05) is 13.2 Å². The van der Waals surface area contributed by atoms with Crippen LogP contribution in [-0.4, -0.2) is 13.2 Å². The molecule has 110 valence electrons. The van der Waals surface area contributed by atoms with Gasteiger partial charge in [-0.3, -0.25) is 0 Å². The molecule has 0 aliphatic carbocycles. The van der Waals surface area contributed by atoms with E-state index in [0.29, 0.717) is 0 Å². The summed E-state index contributed by atoms with van der Waals surface area (Å²) in [6, 6.07) is 11.1. The molecule has 0 saturated heterocycles. The fourth-order valence-electron chi connectivity index (χ4n) is 2.82. The van der Waals surface area contributed by atoms with Crippen LogP contribution in [-0.2, 0) is 6.42 Å². The van der Waals surface area contributed by atoms with Crippen molar-refractivity contribution in [1.82, 2.24) is 5.32 Å². The summed E-state index contributed by atoms with van der Waals surface area (Å²) < 4.78 is 20.3. The highest BCUT2D eigenvalue weighted by molar-refractivity contribution is 9.10. The molecule has 0 saturated carbocycles. The van der Waals surface area contributed by atoms with Crippen LogP contribution in [0.3, 0.4) is 0 Å². The molecule has 1 atom stereocenters. The molecule has 0 amide bonds. The monoisotopic (exact) mass is 349 g/mol. The van der Waals surface area contributed by atoms with E-state index >= 15 is 0 Å². The summed E-state index contributed by atoms with van der Waals surface area (Å²) in [5.41, 5.74) is 3.20. The summed E-state index contributed by atoms with van der Waals surface area (Å²) in [5.74, 6) is 0.708. The maximum atomic E-state index is 13.7. The smallest absolute Gasteiger partial charge is 0.127 e. The van der Waals surface area contributed by atoms with Crippen LogP contribution in [0.4, 0.5) is 4.39 Å². The van der Waals surface area contributed by atoms with Gasteiger partial charge in [-0.05, 0) is 35.9 Å². The Morgan fingerprint density at radius 2 is 2.19 bits per heavy atom. The number of fused-ring (bicyclic) bond motifs is 1. The highest BCUT2D eigenvalue weighted by atomic mass is 79.9. The minimum absolute atomic E-state index is 0.0740. The van der Waals surface area contributed by atoms with Crippen LogP contribution in [0, 0.1) is 5.82 Å². The van der Waals surface area contributed by atoms with Gasteiger partial charge >= 0.3 is 0 Å². The van der Waals surface area contributed by atoms with Gasteiger partial charge in [0.05, 0.1) is 12.6 Å². The van der Waals surface area contributed by atoms with E-state index in [1.165, 1.54) is 11.6 Å². The molecule has 2 aromatic carbocycles. The highest BCUT2D eigenvalue weighted by Gasteiger charge is 2.23. The first-order valence-corrected chi connectivity index (χ1v) is 7.92. The summed E-state index contributed by atoms with van der Waals surface area (Å²) in [7, 11) is 0. The molecule has 1 aliphatic heterocycles. The normalized spacial score (nSPS) is 14.6. The topological polar surface area (TPSA) is 21.3 Å². The number of para-hydroxylation sites is 1. The zero-order chi connectivity index (χ0) is 14.8. The van der Waals surface area contributed by atoms with E-state index in [1.807, 2.05) is 19.1 Å². The molecule has 3 rings (SSSR count). The lowest BCUT2D eigenvalue weighted by atomic mass is 9.95. The first-order chi connectivity index (χ1) is 10.2. The summed E-state index contributed by atoms with van der Waals surface area (Å²) >= 11 is 3.37. The number of benzene rings is 2. The number of hydrogen-bond acceptors (Lipinski definition) is 2. The lowest BCUT2D eigenvalue weighted by molar-refractivity contribution is 0.350. The zero-order valence-electron chi connectivity index (χ0n) is 11.8. The fraction of sp³-hybridized carbons (Fsp3) is 0.294. The Morgan fingerprint density at radius 1 is 1.33 bits per heavy atom. The van der Waals surface area contributed by atoms with E-state index in [1.54, 1.807) is 6.07 Å². The van der Waals surface area contributed by atoms with Gasteiger partial charge in [-0.2, -0.15) is 0 Å². The van der Waals surface area contributed by atoms with Crippen LogP contribution in [0.2, 0.25) is 0 Å². The maximum Gasteiger partial charge on any atom is 0.127 e. The predicted octanol–water partition coefficient (Wildman–Crippen LogP) is 4.22. The summed E-state index contributed by atoms with van der Waals surface area (Å²) in [5, 5.41) is 3.43. The van der Waals surface area contributed by atoms with Gasteiger partial charge in [0.25, 0.3) is 0 Å². The van der Waals surface area contributed by atoms with Gasteiger partial charge in [-0.25, -0.2) is 4.39 Å². The van der Waals surface area contributed by atoms with Gasteiger partial charge < -0.3 is 10.1 Å². The highest BCUT2D eigenvalue weighted by Crippen LogP contribution is 2.36. The number of ether oxygens (including phenoxy) is 1. The van der Waals surface area contributed by atoms with E-state index in [9.17, 15) is 4.39 Å². The third kappa shape index (κ3) is 2.97. The summed E-state index contributed by atoms with van der Waals surface area (Å²) in [6.45, 7) is 3.56. The molecule has 4 heteroatoms. The van der Waals surface area contributed by atoms with Crippen molar-refractivity contribution < 1.29 is 9.13 Å². The SMILES string of the molecule is CCNC(c1cc(F)cc(Br)c1)c1cccc2c1OCC2. The minimum atomic E-state index is -0.240. The summed E-state index contributed by atoms with van der Waals surface area (Å²) in [6.07, 6.45) is 0.939. The van der Waals surface area contributed by atoms with Gasteiger partial charge in [-0.1, -0.05) is 41.1 Å². The fourth-order valence-corrected chi connectivity index (χ4v) is 3.30. The third-order valence-corrected chi connectivity index (χ3v) is 4.14. The van der Waals surface area contributed by atoms with E-state index in [2.05, 4.69) is 33.4 Å². The van der Waals surface area contributed by atoms with Gasteiger partial charge in [0.2, 0.25) is 0 Å². The molecule has 21 heavy (non-hydrogen) atoms. The second kappa shape index (κ2) is 6.16. The van der Waals surface area contributed by atoms with E-state index in [-0.39, 0.29) is 11.9 Å². The second-order valence-electron chi connectivity index (χ2n) is 5.13. The van der Waals surface area contributed by atoms with Crippen LogP contribution >= 0.6 is 15.9 Å². The Labute approximate surface area is 132 Å². The van der Waals surface area contributed by atoms with Gasteiger partial charge in [0.1, 0.15) is 11.6 Å². The molecular weight excluding hydrogens is 333 g/mol. The van der Waals surface area contributed by atoms with Crippen LogP contribution in [0.5, 0.6) is 5.75 Å². The molecule has 2 nitrogen and oxygen atoms in total. The van der Waals surface area contributed by atoms with E-state index in [0.717, 1.165) is 40.9 Å². The molecule has 1 aliphatic rings. The van der Waals surface area contributed by atoms with Crippen molar-refractivity contribution in [3.8, 4) is 5.75 Å².